The maximum Gasteiger partial charge on any atom is 0.146 e. The highest BCUT2D eigenvalue weighted by Gasteiger charge is 2.20. The van der Waals surface area contributed by atoms with Crippen LogP contribution in [0.25, 0.3) is 10.9 Å². The number of pyridine rings is 1. The minimum absolute atomic E-state index is 0.155. The van der Waals surface area contributed by atoms with Gasteiger partial charge in [-0.05, 0) is 24.3 Å². The summed E-state index contributed by atoms with van der Waals surface area (Å²) in [5.74, 6) is -0.155. The summed E-state index contributed by atoms with van der Waals surface area (Å²) in [5.41, 5.74) is 2.72. The van der Waals surface area contributed by atoms with Crippen molar-refractivity contribution in [3.63, 3.8) is 0 Å². The molecule has 25 heavy (non-hydrogen) atoms. The van der Waals surface area contributed by atoms with E-state index in [2.05, 4.69) is 20.9 Å². The van der Waals surface area contributed by atoms with E-state index < -0.39 is 0 Å². The van der Waals surface area contributed by atoms with Crippen LogP contribution in [-0.4, -0.2) is 36.1 Å². The Morgan fingerprint density at radius 2 is 1.76 bits per heavy atom. The molecule has 1 fully saturated rings. The van der Waals surface area contributed by atoms with Gasteiger partial charge in [-0.1, -0.05) is 35.9 Å². The standard InChI is InChI=1S/C20H19ClFN3/c21-17-8-7-15-4-3-9-23-20(15)16(17)14-24-10-12-25(13-11-24)19-6-2-1-5-18(19)22/h1-9H,10-14H2. The Kier molecular flexibility index (Phi) is 4.55. The zero-order valence-corrected chi connectivity index (χ0v) is 14.6. The maximum atomic E-state index is 14.0. The number of fused-ring (bicyclic) bond motifs is 1. The topological polar surface area (TPSA) is 19.4 Å². The predicted octanol–water partition coefficient (Wildman–Crippen LogP) is 4.35. The molecule has 0 spiro atoms. The molecule has 0 radical (unpaired) electrons. The van der Waals surface area contributed by atoms with Crippen LogP contribution >= 0.6 is 11.6 Å². The van der Waals surface area contributed by atoms with Crippen molar-refractivity contribution in [3.05, 3.63) is 71.1 Å². The molecule has 128 valence electrons. The number of anilines is 1. The van der Waals surface area contributed by atoms with Gasteiger partial charge in [0, 0.05) is 54.9 Å². The lowest BCUT2D eigenvalue weighted by Crippen LogP contribution is -2.46. The van der Waals surface area contributed by atoms with Gasteiger partial charge in [-0.3, -0.25) is 9.88 Å². The summed E-state index contributed by atoms with van der Waals surface area (Å²) in [6.07, 6.45) is 1.80. The molecular formula is C20H19ClFN3. The second-order valence-corrected chi connectivity index (χ2v) is 6.72. The summed E-state index contributed by atoms with van der Waals surface area (Å²) in [4.78, 5) is 8.97. The smallest absolute Gasteiger partial charge is 0.146 e. The first-order chi connectivity index (χ1) is 12.2. The normalized spacial score (nSPS) is 15.7. The van der Waals surface area contributed by atoms with Crippen LogP contribution < -0.4 is 4.90 Å². The fraction of sp³-hybridized carbons (Fsp3) is 0.250. The molecule has 0 unspecified atom stereocenters. The van der Waals surface area contributed by atoms with Crippen LogP contribution in [-0.2, 0) is 6.54 Å². The third kappa shape index (κ3) is 3.32. The molecule has 1 aliphatic heterocycles. The summed E-state index contributed by atoms with van der Waals surface area (Å²) in [5, 5.41) is 1.86. The Hall–Kier alpha value is -2.17. The Morgan fingerprint density at radius 3 is 2.56 bits per heavy atom. The van der Waals surface area contributed by atoms with Crippen molar-refractivity contribution in [2.24, 2.45) is 0 Å². The van der Waals surface area contributed by atoms with Crippen LogP contribution in [0, 0.1) is 5.82 Å². The summed E-state index contributed by atoms with van der Waals surface area (Å²) < 4.78 is 14.0. The molecule has 2 aromatic carbocycles. The van der Waals surface area contributed by atoms with E-state index in [1.54, 1.807) is 12.3 Å². The number of hydrogen-bond acceptors (Lipinski definition) is 3. The number of nitrogens with zero attached hydrogens (tertiary/aromatic N) is 3. The molecule has 0 aliphatic carbocycles. The second kappa shape index (κ2) is 6.98. The van der Waals surface area contributed by atoms with Crippen LogP contribution in [0.4, 0.5) is 10.1 Å². The first kappa shape index (κ1) is 16.3. The summed E-state index contributed by atoms with van der Waals surface area (Å²) >= 11 is 6.44. The first-order valence-corrected chi connectivity index (χ1v) is 8.84. The average Bonchev–Trinajstić information content (AvgIpc) is 2.65. The van der Waals surface area contributed by atoms with Gasteiger partial charge in [-0.2, -0.15) is 0 Å². The van der Waals surface area contributed by atoms with Gasteiger partial charge in [0.25, 0.3) is 0 Å². The van der Waals surface area contributed by atoms with Crippen LogP contribution in [0.5, 0.6) is 0 Å². The molecule has 1 aliphatic rings. The van der Waals surface area contributed by atoms with Crippen molar-refractivity contribution in [3.8, 4) is 0 Å². The van der Waals surface area contributed by atoms with Gasteiger partial charge in [0.15, 0.2) is 0 Å². The monoisotopic (exact) mass is 355 g/mol. The van der Waals surface area contributed by atoms with Crippen molar-refractivity contribution in [1.82, 2.24) is 9.88 Å². The highest BCUT2D eigenvalue weighted by molar-refractivity contribution is 6.32. The molecular weight excluding hydrogens is 337 g/mol. The van der Waals surface area contributed by atoms with Crippen LogP contribution in [0.1, 0.15) is 5.56 Å². The third-order valence-electron chi connectivity index (χ3n) is 4.77. The zero-order valence-electron chi connectivity index (χ0n) is 13.8. The average molecular weight is 356 g/mol. The zero-order chi connectivity index (χ0) is 17.2. The van der Waals surface area contributed by atoms with Gasteiger partial charge in [0.2, 0.25) is 0 Å². The molecule has 0 N–H and O–H groups in total. The van der Waals surface area contributed by atoms with Gasteiger partial charge in [0.05, 0.1) is 11.2 Å². The second-order valence-electron chi connectivity index (χ2n) is 6.32. The van der Waals surface area contributed by atoms with E-state index in [9.17, 15) is 4.39 Å². The highest BCUT2D eigenvalue weighted by Crippen LogP contribution is 2.27. The van der Waals surface area contributed by atoms with Crippen molar-refractivity contribution >= 4 is 28.2 Å². The highest BCUT2D eigenvalue weighted by atomic mass is 35.5. The van der Waals surface area contributed by atoms with E-state index in [4.69, 9.17) is 11.6 Å². The molecule has 4 rings (SSSR count). The molecule has 1 aromatic heterocycles. The van der Waals surface area contributed by atoms with Gasteiger partial charge in [-0.25, -0.2) is 4.39 Å². The Labute approximate surface area is 151 Å². The quantitative estimate of drug-likeness (QED) is 0.696. The lowest BCUT2D eigenvalue weighted by molar-refractivity contribution is 0.250. The number of piperazine rings is 1. The van der Waals surface area contributed by atoms with Crippen LogP contribution in [0.15, 0.2) is 54.7 Å². The van der Waals surface area contributed by atoms with E-state index in [1.165, 1.54) is 6.07 Å². The summed E-state index contributed by atoms with van der Waals surface area (Å²) in [6, 6.07) is 14.9. The van der Waals surface area contributed by atoms with E-state index in [-0.39, 0.29) is 5.82 Å². The molecule has 0 saturated carbocycles. The Balaban J connectivity index is 1.49. The van der Waals surface area contributed by atoms with Gasteiger partial charge >= 0.3 is 0 Å². The number of hydrogen-bond donors (Lipinski definition) is 0. The molecule has 0 bridgehead atoms. The van der Waals surface area contributed by atoms with Crippen molar-refractivity contribution in [2.75, 3.05) is 31.1 Å². The van der Waals surface area contributed by atoms with E-state index in [0.717, 1.165) is 54.2 Å². The number of benzene rings is 2. The minimum atomic E-state index is -0.155. The number of aromatic nitrogens is 1. The fourth-order valence-corrected chi connectivity index (χ4v) is 3.62. The van der Waals surface area contributed by atoms with Gasteiger partial charge in [-0.15, -0.1) is 0 Å². The Bertz CT molecular complexity index is 891. The maximum absolute atomic E-state index is 14.0. The minimum Gasteiger partial charge on any atom is -0.367 e. The molecule has 3 aromatic rings. The lowest BCUT2D eigenvalue weighted by atomic mass is 10.1. The molecule has 2 heterocycles. The van der Waals surface area contributed by atoms with Crippen molar-refractivity contribution in [2.45, 2.75) is 6.54 Å². The lowest BCUT2D eigenvalue weighted by Gasteiger charge is -2.36. The van der Waals surface area contributed by atoms with E-state index >= 15 is 0 Å². The number of para-hydroxylation sites is 1. The van der Waals surface area contributed by atoms with Crippen molar-refractivity contribution < 1.29 is 4.39 Å². The molecule has 0 amide bonds. The van der Waals surface area contributed by atoms with Crippen LogP contribution in [0.3, 0.4) is 0 Å². The first-order valence-electron chi connectivity index (χ1n) is 8.46. The van der Waals surface area contributed by atoms with E-state index in [1.807, 2.05) is 30.3 Å². The molecule has 5 heteroatoms. The van der Waals surface area contributed by atoms with Crippen LogP contribution in [0.2, 0.25) is 5.02 Å². The fourth-order valence-electron chi connectivity index (χ4n) is 3.41. The number of halogens is 2. The molecule has 0 atom stereocenters. The largest absolute Gasteiger partial charge is 0.367 e. The number of rotatable bonds is 3. The van der Waals surface area contributed by atoms with Gasteiger partial charge < -0.3 is 4.90 Å². The summed E-state index contributed by atoms with van der Waals surface area (Å²) in [6.45, 7) is 4.10. The SMILES string of the molecule is Fc1ccccc1N1CCN(Cc2c(Cl)ccc3cccnc23)CC1. The molecule has 3 nitrogen and oxygen atoms in total. The Morgan fingerprint density at radius 1 is 0.960 bits per heavy atom. The third-order valence-corrected chi connectivity index (χ3v) is 5.12. The molecule has 1 saturated heterocycles. The van der Waals surface area contributed by atoms with E-state index in [0.29, 0.717) is 5.69 Å². The van der Waals surface area contributed by atoms with Gasteiger partial charge in [0.1, 0.15) is 5.82 Å². The van der Waals surface area contributed by atoms with Crippen molar-refractivity contribution in [1.29, 1.82) is 0 Å². The summed E-state index contributed by atoms with van der Waals surface area (Å²) in [7, 11) is 0. The predicted molar refractivity (Wildman–Crippen MR) is 101 cm³/mol.